The van der Waals surface area contributed by atoms with Gasteiger partial charge in [0.1, 0.15) is 0 Å². The first-order valence-electron chi connectivity index (χ1n) is 11.4. The van der Waals surface area contributed by atoms with Gasteiger partial charge in [-0.05, 0) is 61.1 Å². The second kappa shape index (κ2) is 14.7. The van der Waals surface area contributed by atoms with E-state index in [0.29, 0.717) is 5.75 Å². The first-order valence-corrected chi connectivity index (χ1v) is 11.4. The molecule has 0 aliphatic heterocycles. The molecule has 4 rings (SSSR count). The molecule has 3 aromatic carbocycles. The van der Waals surface area contributed by atoms with Gasteiger partial charge in [-0.2, -0.15) is 0 Å². The van der Waals surface area contributed by atoms with Crippen molar-refractivity contribution in [3.63, 3.8) is 0 Å². The summed E-state index contributed by atoms with van der Waals surface area (Å²) in [5.74, 6) is 0.645. The third-order valence-corrected chi connectivity index (χ3v) is 5.07. The zero-order valence-corrected chi connectivity index (χ0v) is 23.3. The fourth-order valence-electron chi connectivity index (χ4n) is 3.55. The van der Waals surface area contributed by atoms with Crippen LogP contribution in [-0.4, -0.2) is 28.1 Å². The Balaban J connectivity index is 0.000000532. The maximum absolute atomic E-state index is 10.0. The number of anilines is 3. The van der Waals surface area contributed by atoms with Crippen LogP contribution in [0, 0.1) is 6.07 Å². The van der Waals surface area contributed by atoms with Crippen molar-refractivity contribution in [3.8, 4) is 17.0 Å². The van der Waals surface area contributed by atoms with E-state index in [1.165, 1.54) is 19.9 Å². The van der Waals surface area contributed by atoms with Crippen LogP contribution in [0.1, 0.15) is 19.4 Å². The van der Waals surface area contributed by atoms with Crippen LogP contribution in [0.4, 0.5) is 17.1 Å². The Morgan fingerprint density at radius 2 is 1.59 bits per heavy atom. The Morgan fingerprint density at radius 1 is 1.00 bits per heavy atom. The zero-order chi connectivity index (χ0) is 25.9. The largest absolute Gasteiger partial charge is 0.540 e. The van der Waals surface area contributed by atoms with Crippen molar-refractivity contribution in [2.24, 2.45) is 0 Å². The summed E-state index contributed by atoms with van der Waals surface area (Å²) >= 11 is 0. The molecule has 4 aromatic rings. The molecule has 193 valence electrons. The van der Waals surface area contributed by atoms with Crippen LogP contribution in [0.5, 0.6) is 5.75 Å². The molecule has 0 fully saturated rings. The van der Waals surface area contributed by atoms with E-state index in [1.807, 2.05) is 48.5 Å². The Bertz CT molecular complexity index is 1270. The van der Waals surface area contributed by atoms with Gasteiger partial charge in [-0.25, -0.2) is 0 Å². The van der Waals surface area contributed by atoms with Crippen LogP contribution in [-0.2, 0) is 31.5 Å². The molecule has 0 aliphatic carbocycles. The van der Waals surface area contributed by atoms with E-state index in [4.69, 9.17) is 9.84 Å². The minimum absolute atomic E-state index is 0. The quantitative estimate of drug-likeness (QED) is 0.132. The number of rotatable bonds is 7. The minimum atomic E-state index is -0.125. The molecule has 1 aromatic heterocycles. The second-order valence-corrected chi connectivity index (χ2v) is 7.91. The van der Waals surface area contributed by atoms with Gasteiger partial charge in [0.2, 0.25) is 0 Å². The fourth-order valence-corrected chi connectivity index (χ4v) is 3.55. The number of benzene rings is 3. The van der Waals surface area contributed by atoms with Crippen molar-refractivity contribution in [1.29, 1.82) is 0 Å². The fraction of sp³-hybridized carbons (Fsp3) is 0.133. The summed E-state index contributed by atoms with van der Waals surface area (Å²) in [5, 5.41) is 17.9. The maximum Gasteiger partial charge on any atom is 0.155 e. The van der Waals surface area contributed by atoms with Crippen LogP contribution in [0.2, 0.25) is 0 Å². The molecule has 0 amide bonds. The molecule has 0 unspecified atom stereocenters. The third-order valence-electron chi connectivity index (χ3n) is 5.07. The third kappa shape index (κ3) is 8.40. The number of carbonyl (C=O) groups is 1. The number of aliphatic hydroxyl groups excluding tert-OH is 2. The molecule has 0 atom stereocenters. The van der Waals surface area contributed by atoms with E-state index in [0.717, 1.165) is 33.9 Å². The number of hydrogen-bond donors (Lipinski definition) is 2. The van der Waals surface area contributed by atoms with Gasteiger partial charge >= 0.3 is 0 Å². The van der Waals surface area contributed by atoms with Gasteiger partial charge in [0.25, 0.3) is 0 Å². The Morgan fingerprint density at radius 3 is 2.05 bits per heavy atom. The van der Waals surface area contributed by atoms with Gasteiger partial charge in [0, 0.05) is 49.5 Å². The molecule has 6 nitrogen and oxygen atoms in total. The number of ketones is 1. The average molecular weight is 674 g/mol. The summed E-state index contributed by atoms with van der Waals surface area (Å²) in [5.41, 5.74) is 5.29. The first kappa shape index (κ1) is 29.5. The molecule has 0 saturated carbocycles. The molecular formula is C30H29IrN2O4-. The molecule has 7 heteroatoms. The van der Waals surface area contributed by atoms with Gasteiger partial charge in [0.15, 0.2) is 5.78 Å². The van der Waals surface area contributed by atoms with Crippen LogP contribution in [0.3, 0.4) is 0 Å². The summed E-state index contributed by atoms with van der Waals surface area (Å²) in [7, 11) is 1.65. The van der Waals surface area contributed by atoms with Crippen LogP contribution < -0.4 is 9.64 Å². The van der Waals surface area contributed by atoms with E-state index in [2.05, 4.69) is 40.2 Å². The molecule has 0 bridgehead atoms. The predicted octanol–water partition coefficient (Wildman–Crippen LogP) is 6.55. The van der Waals surface area contributed by atoms with Crippen molar-refractivity contribution in [3.05, 3.63) is 115 Å². The first-order chi connectivity index (χ1) is 17.4. The number of pyridine rings is 1. The van der Waals surface area contributed by atoms with Gasteiger partial charge in [0.05, 0.1) is 19.5 Å². The number of allylic oxidation sites excluding steroid dienone is 2. The molecule has 1 heterocycles. The van der Waals surface area contributed by atoms with Crippen molar-refractivity contribution in [2.45, 2.75) is 20.5 Å². The zero-order valence-electron chi connectivity index (χ0n) is 20.9. The monoisotopic (exact) mass is 674 g/mol. The number of nitrogens with zero attached hydrogens (tertiary/aromatic N) is 2. The summed E-state index contributed by atoms with van der Waals surface area (Å²) in [6.45, 7) is 2.81. The number of aliphatic hydroxyl groups is 2. The number of hydrogen-bond acceptors (Lipinski definition) is 6. The van der Waals surface area contributed by atoms with Crippen molar-refractivity contribution in [2.75, 3.05) is 12.0 Å². The SMILES string of the molecule is CC(=O)/C=C(/C)O.COc1c[c-]c(-c2cc(CO)ccn2)c(N(c2ccccc2)c2ccccc2)c1.[Ir]. The van der Waals surface area contributed by atoms with Crippen molar-refractivity contribution < 1.29 is 39.8 Å². The van der Waals surface area contributed by atoms with Gasteiger partial charge in [-0.15, -0.1) is 17.7 Å². The van der Waals surface area contributed by atoms with E-state index < -0.39 is 0 Å². The van der Waals surface area contributed by atoms with Crippen LogP contribution in [0.25, 0.3) is 11.3 Å². The molecule has 0 aliphatic rings. The summed E-state index contributed by atoms with van der Waals surface area (Å²) < 4.78 is 5.49. The van der Waals surface area contributed by atoms with E-state index >= 15 is 0 Å². The Kier molecular flexibility index (Phi) is 11.7. The van der Waals surface area contributed by atoms with Crippen molar-refractivity contribution in [1.82, 2.24) is 4.98 Å². The molecule has 37 heavy (non-hydrogen) atoms. The maximum atomic E-state index is 10.0. The van der Waals surface area contributed by atoms with Gasteiger partial charge in [-0.3, -0.25) is 4.79 Å². The number of para-hydroxylation sites is 2. The van der Waals surface area contributed by atoms with Crippen LogP contribution >= 0.6 is 0 Å². The average Bonchev–Trinajstić information content (AvgIpc) is 2.89. The van der Waals surface area contributed by atoms with E-state index in [1.54, 1.807) is 25.4 Å². The number of carbonyl (C=O) groups excluding carboxylic acids is 1. The van der Waals surface area contributed by atoms with Gasteiger partial charge < -0.3 is 24.8 Å². The number of aromatic nitrogens is 1. The van der Waals surface area contributed by atoms with Crippen molar-refractivity contribution >= 4 is 22.8 Å². The van der Waals surface area contributed by atoms with E-state index in [-0.39, 0.29) is 38.3 Å². The van der Waals surface area contributed by atoms with Gasteiger partial charge in [-0.1, -0.05) is 48.5 Å². The normalized spacial score (nSPS) is 10.4. The molecule has 2 N–H and O–H groups in total. The smallest absolute Gasteiger partial charge is 0.155 e. The second-order valence-electron chi connectivity index (χ2n) is 7.91. The Hall–Kier alpha value is -3.77. The van der Waals surface area contributed by atoms with E-state index in [9.17, 15) is 9.90 Å². The topological polar surface area (TPSA) is 82.9 Å². The minimum Gasteiger partial charge on any atom is -0.540 e. The standard InChI is InChI=1S/C25H21N2O2.C5H8O2.Ir/c1-29-22-12-13-23(24-16-19(18-28)14-15-26-24)25(17-22)27(20-8-4-2-5-9-20)21-10-6-3-7-11-21;1-4(6)3-5(2)7;/h2-12,14-17,28H,18H2,1H3;3,6H,1-2H3;/q-1;;/b;4-3-;. The summed E-state index contributed by atoms with van der Waals surface area (Å²) in [6.07, 6.45) is 2.87. The van der Waals surface area contributed by atoms with Crippen LogP contribution in [0.15, 0.2) is 103 Å². The predicted molar refractivity (Wildman–Crippen MR) is 143 cm³/mol. The Labute approximate surface area is 231 Å². The summed E-state index contributed by atoms with van der Waals surface area (Å²) in [6, 6.07) is 31.1. The molecule has 0 spiro atoms. The molecule has 1 radical (unpaired) electrons. The molecular weight excluding hydrogens is 645 g/mol. The number of ether oxygens (including phenoxy) is 1. The summed E-state index contributed by atoms with van der Waals surface area (Å²) in [4.78, 5) is 16.7. The molecule has 0 saturated heterocycles. The number of methoxy groups -OCH3 is 1.